The molecule has 3 aromatic heterocycles. The van der Waals surface area contributed by atoms with E-state index in [2.05, 4.69) is 49.0 Å². The molecule has 6 heteroatoms. The molecule has 1 unspecified atom stereocenters. The molecule has 0 aliphatic carbocycles. The van der Waals surface area contributed by atoms with Gasteiger partial charge in [-0.1, -0.05) is 6.07 Å². The standard InChI is InChI=1S/C18H23N5S/c1-10-6-5-9-20-16(10)12(3)21-17-15-11(2)13(4)24-18(15)23-14(22-17)7-8-19/h5-6,9,12H,7-8,19H2,1-4H3,(H,21,22,23). The third-order valence-corrected chi connectivity index (χ3v) is 5.36. The minimum absolute atomic E-state index is 0.0645. The molecule has 3 N–H and O–H groups in total. The molecule has 126 valence electrons. The van der Waals surface area contributed by atoms with Crippen molar-refractivity contribution < 1.29 is 0 Å². The second-order valence-corrected chi connectivity index (χ2v) is 7.27. The lowest BCUT2D eigenvalue weighted by Crippen LogP contribution is -2.13. The van der Waals surface area contributed by atoms with Gasteiger partial charge in [-0.2, -0.15) is 0 Å². The Morgan fingerprint density at radius 3 is 2.75 bits per heavy atom. The molecule has 3 heterocycles. The van der Waals surface area contributed by atoms with Crippen LogP contribution in [0.1, 0.15) is 40.5 Å². The van der Waals surface area contributed by atoms with Crippen LogP contribution in [0, 0.1) is 20.8 Å². The van der Waals surface area contributed by atoms with Crippen LogP contribution in [0.15, 0.2) is 18.3 Å². The average Bonchev–Trinajstić information content (AvgIpc) is 2.82. The molecule has 5 nitrogen and oxygen atoms in total. The number of aromatic nitrogens is 3. The summed E-state index contributed by atoms with van der Waals surface area (Å²) < 4.78 is 0. The molecule has 0 bridgehead atoms. The number of hydrogen-bond donors (Lipinski definition) is 2. The molecule has 0 amide bonds. The lowest BCUT2D eigenvalue weighted by molar-refractivity contribution is 0.812. The summed E-state index contributed by atoms with van der Waals surface area (Å²) in [5.74, 6) is 1.67. The summed E-state index contributed by atoms with van der Waals surface area (Å²) in [7, 11) is 0. The van der Waals surface area contributed by atoms with Gasteiger partial charge in [0, 0.05) is 17.5 Å². The summed E-state index contributed by atoms with van der Waals surface area (Å²) >= 11 is 1.71. The maximum absolute atomic E-state index is 5.69. The van der Waals surface area contributed by atoms with Crippen LogP contribution in [0.25, 0.3) is 10.2 Å². The minimum atomic E-state index is 0.0645. The number of rotatable bonds is 5. The number of pyridine rings is 1. The van der Waals surface area contributed by atoms with Gasteiger partial charge in [-0.25, -0.2) is 9.97 Å². The highest BCUT2D eigenvalue weighted by Gasteiger charge is 2.17. The largest absolute Gasteiger partial charge is 0.361 e. The Labute approximate surface area is 146 Å². The first-order valence-corrected chi connectivity index (χ1v) is 8.97. The molecule has 0 aliphatic heterocycles. The van der Waals surface area contributed by atoms with Crippen molar-refractivity contribution in [2.45, 2.75) is 40.2 Å². The normalized spacial score (nSPS) is 12.5. The van der Waals surface area contributed by atoms with Crippen molar-refractivity contribution in [1.29, 1.82) is 0 Å². The number of nitrogens with one attached hydrogen (secondary N) is 1. The minimum Gasteiger partial charge on any atom is -0.361 e. The van der Waals surface area contributed by atoms with Crippen molar-refractivity contribution in [3.8, 4) is 0 Å². The van der Waals surface area contributed by atoms with E-state index in [1.54, 1.807) is 11.3 Å². The molecule has 24 heavy (non-hydrogen) atoms. The second kappa shape index (κ2) is 6.83. The first-order chi connectivity index (χ1) is 11.5. The van der Waals surface area contributed by atoms with Gasteiger partial charge < -0.3 is 11.1 Å². The number of fused-ring (bicyclic) bond motifs is 1. The third-order valence-electron chi connectivity index (χ3n) is 4.26. The molecule has 3 aromatic rings. The van der Waals surface area contributed by atoms with Gasteiger partial charge in [0.1, 0.15) is 16.5 Å². The van der Waals surface area contributed by atoms with Crippen LogP contribution >= 0.6 is 11.3 Å². The maximum Gasteiger partial charge on any atom is 0.139 e. The van der Waals surface area contributed by atoms with Gasteiger partial charge in [-0.05, 0) is 51.4 Å². The van der Waals surface area contributed by atoms with Crippen molar-refractivity contribution in [3.05, 3.63) is 45.9 Å². The Hall–Kier alpha value is -2.05. The van der Waals surface area contributed by atoms with Crippen LogP contribution in [-0.2, 0) is 6.42 Å². The molecular formula is C18H23N5S. The van der Waals surface area contributed by atoms with Gasteiger partial charge in [0.05, 0.1) is 17.1 Å². The molecule has 3 rings (SSSR count). The van der Waals surface area contributed by atoms with Crippen LogP contribution in [-0.4, -0.2) is 21.5 Å². The molecule has 0 aliphatic rings. The number of hydrogen-bond acceptors (Lipinski definition) is 6. The Balaban J connectivity index is 2.05. The number of nitrogens with two attached hydrogens (primary N) is 1. The summed E-state index contributed by atoms with van der Waals surface area (Å²) in [5, 5.41) is 4.66. The topological polar surface area (TPSA) is 76.7 Å². The molecule has 0 aromatic carbocycles. The second-order valence-electron chi connectivity index (χ2n) is 6.06. The number of nitrogens with zero attached hydrogens (tertiary/aromatic N) is 3. The summed E-state index contributed by atoms with van der Waals surface area (Å²) in [6.45, 7) is 8.99. The molecule has 0 fully saturated rings. The molecule has 0 saturated heterocycles. The number of thiophene rings is 1. The van der Waals surface area contributed by atoms with Crippen LogP contribution in [0.4, 0.5) is 5.82 Å². The molecule has 0 saturated carbocycles. The summed E-state index contributed by atoms with van der Waals surface area (Å²) in [5.41, 5.74) is 9.14. The fraction of sp³-hybridized carbons (Fsp3) is 0.389. The summed E-state index contributed by atoms with van der Waals surface area (Å²) in [6.07, 6.45) is 2.51. The Morgan fingerprint density at radius 1 is 1.25 bits per heavy atom. The van der Waals surface area contributed by atoms with Crippen molar-refractivity contribution in [3.63, 3.8) is 0 Å². The van der Waals surface area contributed by atoms with Crippen molar-refractivity contribution >= 4 is 27.4 Å². The molecular weight excluding hydrogens is 318 g/mol. The third kappa shape index (κ3) is 3.12. The zero-order valence-corrected chi connectivity index (χ0v) is 15.4. The summed E-state index contributed by atoms with van der Waals surface area (Å²) in [4.78, 5) is 16.2. The van der Waals surface area contributed by atoms with Gasteiger partial charge >= 0.3 is 0 Å². The SMILES string of the molecule is Cc1cccnc1C(C)Nc1nc(CCN)nc2sc(C)c(C)c12. The zero-order chi connectivity index (χ0) is 17.3. The zero-order valence-electron chi connectivity index (χ0n) is 14.6. The highest BCUT2D eigenvalue weighted by Crippen LogP contribution is 2.34. The number of aryl methyl sites for hydroxylation is 3. The van der Waals surface area contributed by atoms with Crippen LogP contribution in [0.3, 0.4) is 0 Å². The van der Waals surface area contributed by atoms with E-state index in [9.17, 15) is 0 Å². The quantitative estimate of drug-likeness (QED) is 0.740. The van der Waals surface area contributed by atoms with Gasteiger partial charge in [-0.3, -0.25) is 4.98 Å². The van der Waals surface area contributed by atoms with Crippen LogP contribution in [0.2, 0.25) is 0 Å². The van der Waals surface area contributed by atoms with Gasteiger partial charge in [0.2, 0.25) is 0 Å². The average molecular weight is 341 g/mol. The van der Waals surface area contributed by atoms with E-state index in [1.165, 1.54) is 16.0 Å². The van der Waals surface area contributed by atoms with E-state index in [0.29, 0.717) is 13.0 Å². The maximum atomic E-state index is 5.69. The van der Waals surface area contributed by atoms with E-state index >= 15 is 0 Å². The number of anilines is 1. The van der Waals surface area contributed by atoms with Crippen LogP contribution < -0.4 is 11.1 Å². The Morgan fingerprint density at radius 2 is 2.04 bits per heavy atom. The monoisotopic (exact) mass is 341 g/mol. The molecule has 1 atom stereocenters. The Bertz CT molecular complexity index is 871. The van der Waals surface area contributed by atoms with E-state index < -0.39 is 0 Å². The van der Waals surface area contributed by atoms with Crippen molar-refractivity contribution in [1.82, 2.24) is 15.0 Å². The smallest absolute Gasteiger partial charge is 0.139 e. The van der Waals surface area contributed by atoms with Gasteiger partial charge in [0.25, 0.3) is 0 Å². The van der Waals surface area contributed by atoms with E-state index in [4.69, 9.17) is 10.7 Å². The van der Waals surface area contributed by atoms with Gasteiger partial charge in [0.15, 0.2) is 0 Å². The molecule has 0 radical (unpaired) electrons. The predicted octanol–water partition coefficient (Wildman–Crippen LogP) is 3.69. The van der Waals surface area contributed by atoms with E-state index in [-0.39, 0.29) is 6.04 Å². The van der Waals surface area contributed by atoms with Crippen molar-refractivity contribution in [2.24, 2.45) is 5.73 Å². The fourth-order valence-electron chi connectivity index (χ4n) is 2.86. The predicted molar refractivity (Wildman–Crippen MR) is 101 cm³/mol. The molecule has 0 spiro atoms. The van der Waals surface area contributed by atoms with E-state index in [0.717, 1.165) is 27.6 Å². The van der Waals surface area contributed by atoms with Gasteiger partial charge in [-0.15, -0.1) is 11.3 Å². The highest BCUT2D eigenvalue weighted by atomic mass is 32.1. The van der Waals surface area contributed by atoms with Crippen LogP contribution in [0.5, 0.6) is 0 Å². The van der Waals surface area contributed by atoms with Crippen molar-refractivity contribution in [2.75, 3.05) is 11.9 Å². The van der Waals surface area contributed by atoms with E-state index in [1.807, 2.05) is 12.3 Å². The Kier molecular flexibility index (Phi) is 4.78. The highest BCUT2D eigenvalue weighted by molar-refractivity contribution is 7.18. The lowest BCUT2D eigenvalue weighted by atomic mass is 10.1. The fourth-order valence-corrected chi connectivity index (χ4v) is 3.91. The first kappa shape index (κ1) is 16.8. The lowest BCUT2D eigenvalue weighted by Gasteiger charge is -2.17. The summed E-state index contributed by atoms with van der Waals surface area (Å²) in [6, 6.07) is 4.10. The first-order valence-electron chi connectivity index (χ1n) is 8.16.